The number of nitrogens with zero attached hydrogens (tertiary/aromatic N) is 3. The van der Waals surface area contributed by atoms with Gasteiger partial charge in [-0.15, -0.1) is 10.2 Å². The Balaban J connectivity index is 1.70. The Labute approximate surface area is 154 Å². The number of hydrogen-bond donors (Lipinski definition) is 0. The quantitative estimate of drug-likeness (QED) is 0.542. The molecule has 4 aromatic rings. The molecule has 0 aliphatic carbocycles. The van der Waals surface area contributed by atoms with E-state index in [9.17, 15) is 4.79 Å². The summed E-state index contributed by atoms with van der Waals surface area (Å²) < 4.78 is 17.9. The van der Waals surface area contributed by atoms with E-state index in [-0.39, 0.29) is 12.1 Å². The molecule has 2 aromatic carbocycles. The van der Waals surface area contributed by atoms with Crippen LogP contribution in [0.5, 0.6) is 11.5 Å². The van der Waals surface area contributed by atoms with Gasteiger partial charge in [0.05, 0.1) is 19.6 Å². The number of rotatable bonds is 5. The van der Waals surface area contributed by atoms with E-state index in [4.69, 9.17) is 13.9 Å². The van der Waals surface area contributed by atoms with Crippen LogP contribution in [0.1, 0.15) is 5.89 Å². The van der Waals surface area contributed by atoms with E-state index < -0.39 is 0 Å². The van der Waals surface area contributed by atoms with Crippen molar-refractivity contribution in [3.63, 3.8) is 0 Å². The first-order chi connectivity index (χ1) is 13.2. The molecule has 7 nitrogen and oxygen atoms in total. The highest BCUT2D eigenvalue weighted by Gasteiger charge is 2.14. The summed E-state index contributed by atoms with van der Waals surface area (Å²) in [5.74, 6) is 1.89. The summed E-state index contributed by atoms with van der Waals surface area (Å²) >= 11 is 0. The Morgan fingerprint density at radius 1 is 0.963 bits per heavy atom. The molecule has 0 N–H and O–H groups in total. The van der Waals surface area contributed by atoms with Gasteiger partial charge in [0.25, 0.3) is 5.56 Å². The summed E-state index contributed by atoms with van der Waals surface area (Å²) in [7, 11) is 3.11. The maximum atomic E-state index is 12.9. The van der Waals surface area contributed by atoms with Crippen molar-refractivity contribution in [1.29, 1.82) is 0 Å². The van der Waals surface area contributed by atoms with Crippen molar-refractivity contribution in [3.8, 4) is 23.0 Å². The van der Waals surface area contributed by atoms with Crippen molar-refractivity contribution in [3.05, 3.63) is 71.0 Å². The summed E-state index contributed by atoms with van der Waals surface area (Å²) in [5, 5.41) is 9.32. The zero-order valence-corrected chi connectivity index (χ0v) is 14.9. The Morgan fingerprint density at radius 2 is 1.78 bits per heavy atom. The minimum Gasteiger partial charge on any atom is -0.493 e. The maximum Gasteiger partial charge on any atom is 0.259 e. The lowest BCUT2D eigenvalue weighted by molar-refractivity contribution is 0.358. The molecule has 0 fully saturated rings. The molecule has 0 spiro atoms. The molecule has 0 radical (unpaired) electrons. The van der Waals surface area contributed by atoms with Gasteiger partial charge in [0.15, 0.2) is 11.5 Å². The third-order valence-electron chi connectivity index (χ3n) is 4.29. The molecule has 2 aromatic heterocycles. The Bertz CT molecular complexity index is 1150. The molecule has 0 unspecified atom stereocenters. The summed E-state index contributed by atoms with van der Waals surface area (Å²) in [5.41, 5.74) is 0.659. The number of benzene rings is 2. The monoisotopic (exact) mass is 363 g/mol. The number of hydrogen-bond acceptors (Lipinski definition) is 6. The Hall–Kier alpha value is -3.61. The fourth-order valence-electron chi connectivity index (χ4n) is 2.97. The molecule has 2 heterocycles. The van der Waals surface area contributed by atoms with Crippen LogP contribution >= 0.6 is 0 Å². The molecule has 4 rings (SSSR count). The maximum absolute atomic E-state index is 12.9. The van der Waals surface area contributed by atoms with Gasteiger partial charge in [-0.3, -0.25) is 4.79 Å². The average Bonchev–Trinajstić information content (AvgIpc) is 3.18. The second-order valence-corrected chi connectivity index (χ2v) is 5.88. The summed E-state index contributed by atoms with van der Waals surface area (Å²) in [6.07, 6.45) is 1.68. The molecule has 0 amide bonds. The third kappa shape index (κ3) is 3.03. The van der Waals surface area contributed by atoms with Crippen LogP contribution in [-0.4, -0.2) is 29.0 Å². The summed E-state index contributed by atoms with van der Waals surface area (Å²) in [6, 6.07) is 14.7. The largest absolute Gasteiger partial charge is 0.493 e. The molecule has 0 aliphatic heterocycles. The standard InChI is InChI=1S/C20H17N3O4/c1-25-16-9-8-15-14(18(16)26-2)10-11-23(20(15)24)12-17-21-22-19(27-17)13-6-4-3-5-7-13/h3-11H,12H2,1-2H3. The Morgan fingerprint density at radius 3 is 2.52 bits per heavy atom. The van der Waals surface area contributed by atoms with E-state index in [1.807, 2.05) is 36.4 Å². The topological polar surface area (TPSA) is 79.4 Å². The van der Waals surface area contributed by atoms with Crippen molar-refractivity contribution in [2.45, 2.75) is 6.54 Å². The summed E-state index contributed by atoms with van der Waals surface area (Å²) in [6.45, 7) is 0.183. The van der Waals surface area contributed by atoms with Gasteiger partial charge in [-0.25, -0.2) is 0 Å². The zero-order chi connectivity index (χ0) is 18.8. The number of fused-ring (bicyclic) bond motifs is 1. The second-order valence-electron chi connectivity index (χ2n) is 5.88. The number of ether oxygens (including phenoxy) is 2. The number of aromatic nitrogens is 3. The third-order valence-corrected chi connectivity index (χ3v) is 4.29. The highest BCUT2D eigenvalue weighted by molar-refractivity contribution is 5.90. The molecule has 0 saturated heterocycles. The van der Waals surface area contributed by atoms with Crippen LogP contribution in [-0.2, 0) is 6.54 Å². The van der Waals surface area contributed by atoms with E-state index in [1.54, 1.807) is 32.5 Å². The molecule has 7 heteroatoms. The zero-order valence-electron chi connectivity index (χ0n) is 14.9. The predicted octanol–water partition coefficient (Wildman–Crippen LogP) is 3.12. The van der Waals surface area contributed by atoms with Crippen molar-refractivity contribution < 1.29 is 13.9 Å². The number of pyridine rings is 1. The molecule has 136 valence electrons. The van der Waals surface area contributed by atoms with Gasteiger partial charge in [0, 0.05) is 17.1 Å². The molecule has 0 atom stereocenters. The van der Waals surface area contributed by atoms with Gasteiger partial charge in [0.2, 0.25) is 11.8 Å². The first-order valence-electron chi connectivity index (χ1n) is 8.33. The normalized spacial score (nSPS) is 10.9. The van der Waals surface area contributed by atoms with Gasteiger partial charge < -0.3 is 18.5 Å². The van der Waals surface area contributed by atoms with Gasteiger partial charge in [0.1, 0.15) is 6.54 Å². The van der Waals surface area contributed by atoms with Crippen LogP contribution in [0.25, 0.3) is 22.2 Å². The van der Waals surface area contributed by atoms with E-state index in [0.717, 1.165) is 5.56 Å². The number of methoxy groups -OCH3 is 2. The lowest BCUT2D eigenvalue weighted by Crippen LogP contribution is -2.20. The Kier molecular flexibility index (Phi) is 4.33. The van der Waals surface area contributed by atoms with Crippen LogP contribution in [0.3, 0.4) is 0 Å². The van der Waals surface area contributed by atoms with Gasteiger partial charge in [-0.1, -0.05) is 18.2 Å². The first kappa shape index (κ1) is 16.8. The van der Waals surface area contributed by atoms with Crippen molar-refractivity contribution in [1.82, 2.24) is 14.8 Å². The van der Waals surface area contributed by atoms with E-state index in [2.05, 4.69) is 10.2 Å². The average molecular weight is 363 g/mol. The van der Waals surface area contributed by atoms with Crippen LogP contribution in [0, 0.1) is 0 Å². The fraction of sp³-hybridized carbons (Fsp3) is 0.150. The van der Waals surface area contributed by atoms with Crippen LogP contribution in [0.2, 0.25) is 0 Å². The van der Waals surface area contributed by atoms with Gasteiger partial charge in [-0.2, -0.15) is 0 Å². The van der Waals surface area contributed by atoms with E-state index in [1.165, 1.54) is 4.57 Å². The van der Waals surface area contributed by atoms with Crippen molar-refractivity contribution in [2.75, 3.05) is 14.2 Å². The highest BCUT2D eigenvalue weighted by atomic mass is 16.5. The molecular formula is C20H17N3O4. The SMILES string of the molecule is COc1ccc2c(=O)n(Cc3nnc(-c4ccccc4)o3)ccc2c1OC. The highest BCUT2D eigenvalue weighted by Crippen LogP contribution is 2.33. The molecule has 27 heavy (non-hydrogen) atoms. The lowest BCUT2D eigenvalue weighted by atomic mass is 10.1. The van der Waals surface area contributed by atoms with Crippen molar-refractivity contribution >= 4 is 10.8 Å². The molecule has 0 bridgehead atoms. The summed E-state index contributed by atoms with van der Waals surface area (Å²) in [4.78, 5) is 12.9. The fourth-order valence-corrected chi connectivity index (χ4v) is 2.97. The smallest absolute Gasteiger partial charge is 0.259 e. The minimum atomic E-state index is -0.173. The van der Waals surface area contributed by atoms with E-state index >= 15 is 0 Å². The minimum absolute atomic E-state index is 0.173. The van der Waals surface area contributed by atoms with Crippen LogP contribution in [0.4, 0.5) is 0 Å². The first-order valence-corrected chi connectivity index (χ1v) is 8.33. The second kappa shape index (κ2) is 6.95. The van der Waals surface area contributed by atoms with Crippen LogP contribution in [0.15, 0.2) is 63.9 Å². The predicted molar refractivity (Wildman–Crippen MR) is 100 cm³/mol. The molecule has 0 saturated carbocycles. The van der Waals surface area contributed by atoms with Crippen molar-refractivity contribution in [2.24, 2.45) is 0 Å². The lowest BCUT2D eigenvalue weighted by Gasteiger charge is -2.11. The van der Waals surface area contributed by atoms with Gasteiger partial charge >= 0.3 is 0 Å². The van der Waals surface area contributed by atoms with Crippen LogP contribution < -0.4 is 15.0 Å². The molecule has 0 aliphatic rings. The van der Waals surface area contributed by atoms with Gasteiger partial charge in [-0.05, 0) is 30.3 Å². The molecular weight excluding hydrogens is 346 g/mol. The van der Waals surface area contributed by atoms with E-state index in [0.29, 0.717) is 34.1 Å².